The topological polar surface area (TPSA) is 373 Å². The number of aliphatic carboxylic acids is 1. The Bertz CT molecular complexity index is 2080. The van der Waals surface area contributed by atoms with Gasteiger partial charge in [0.15, 0.2) is 12.6 Å². The van der Waals surface area contributed by atoms with Crippen molar-refractivity contribution in [1.29, 1.82) is 0 Å². The highest BCUT2D eigenvalue weighted by Gasteiger charge is 2.60. The molecule has 3 fully saturated rings. The third-order valence-corrected chi connectivity index (χ3v) is 19.9. The molecule has 0 spiro atoms. The number of carbonyl (C=O) groups excluding carboxylic acids is 2. The van der Waals surface area contributed by atoms with E-state index in [9.17, 15) is 75.7 Å². The summed E-state index contributed by atoms with van der Waals surface area (Å²) in [5.74, 6) is -6.14. The van der Waals surface area contributed by atoms with E-state index in [1.807, 2.05) is 6.08 Å². The molecule has 14 N–H and O–H groups in total. The van der Waals surface area contributed by atoms with Crippen molar-refractivity contribution in [1.82, 2.24) is 10.6 Å². The SMILES string of the molecule is CCCCCCCCCCCCCC/C=C\CCCCCCCCCCCCCCC(=O)NC(COC1OC(CO)C(OC2OC(CO)C(O)C(OC3(C(=O)O)CC(O)C(NC(C)=O)C(C(O)C(O)CO)O3)C2O)C(O)C1O)C(O)/C=C/CCCCCCCCCCCCCCCCC. The second-order valence-corrected chi connectivity index (χ2v) is 28.6. The van der Waals surface area contributed by atoms with Crippen LogP contribution in [-0.2, 0) is 42.8 Å². The van der Waals surface area contributed by atoms with Gasteiger partial charge in [-0.2, -0.15) is 0 Å². The van der Waals surface area contributed by atoms with Gasteiger partial charge in [-0.25, -0.2) is 4.79 Å². The number of carbonyl (C=O) groups is 3. The molecule has 3 aliphatic heterocycles. The highest BCUT2D eigenvalue weighted by Crippen LogP contribution is 2.39. The van der Waals surface area contributed by atoms with Crippen molar-refractivity contribution in [2.75, 3.05) is 26.4 Å². The molecule has 0 saturated carbocycles. The van der Waals surface area contributed by atoms with E-state index in [-0.39, 0.29) is 12.3 Å². The Labute approximate surface area is 594 Å². The maximum Gasteiger partial charge on any atom is 0.364 e. The number of carboxylic acid groups (broad SMARTS) is 1. The number of hydrogen-bond acceptors (Lipinski definition) is 20. The van der Waals surface area contributed by atoms with Gasteiger partial charge in [0.1, 0.15) is 67.1 Å². The largest absolute Gasteiger partial charge is 0.477 e. The molecule has 3 heterocycles. The highest BCUT2D eigenvalue weighted by atomic mass is 16.8. The molecule has 0 aromatic rings. The number of hydrogen-bond donors (Lipinski definition) is 14. The monoisotopic (exact) mass is 1420 g/mol. The van der Waals surface area contributed by atoms with E-state index >= 15 is 0 Å². The summed E-state index contributed by atoms with van der Waals surface area (Å²) in [7, 11) is 0. The minimum absolute atomic E-state index is 0.201. The molecule has 0 bridgehead atoms. The Balaban J connectivity index is 1.52. The zero-order valence-corrected chi connectivity index (χ0v) is 61.1. The minimum atomic E-state index is -3.08. The molecule has 2 amide bonds. The molecule has 3 saturated heterocycles. The van der Waals surface area contributed by atoms with Crippen molar-refractivity contribution < 1.29 is 104 Å². The van der Waals surface area contributed by atoms with Gasteiger partial charge in [0, 0.05) is 19.8 Å². The standard InChI is InChI=1S/C76H140N2O21/c1-4-6-8-10-12-14-16-18-20-22-23-24-25-26-27-28-29-30-31-32-34-36-38-40-42-44-46-48-50-63(86)78-57(58(83)49-47-45-43-41-39-37-35-33-21-19-17-15-13-11-9-7-5-2)55-94-73-68(90)67(89)70(62(54-81)96-73)97-74-69(91)72(66(88)61(53-80)95-74)99-76(75(92)93)51-59(84)64(77-56(3)82)71(98-76)65(87)60(85)52-79/h26-27,47,49,57-62,64-74,79-81,83-85,87-91H,4-25,28-46,48,50-55H2,1-3H3,(H,77,82)(H,78,86)(H,92,93)/b27-26-,49-47+. The van der Waals surface area contributed by atoms with Gasteiger partial charge in [-0.05, 0) is 44.9 Å². The number of amides is 2. The van der Waals surface area contributed by atoms with Gasteiger partial charge in [-0.15, -0.1) is 0 Å². The first-order valence-corrected chi connectivity index (χ1v) is 39.2. The lowest BCUT2D eigenvalue weighted by atomic mass is 9.88. The van der Waals surface area contributed by atoms with Crippen molar-refractivity contribution in [2.45, 2.75) is 413 Å². The van der Waals surface area contributed by atoms with Crippen molar-refractivity contribution in [3.05, 3.63) is 24.3 Å². The molecule has 0 aromatic heterocycles. The third-order valence-electron chi connectivity index (χ3n) is 19.9. The van der Waals surface area contributed by atoms with E-state index in [0.717, 1.165) is 51.9 Å². The number of aliphatic hydroxyl groups is 11. The highest BCUT2D eigenvalue weighted by molar-refractivity contribution is 5.77. The van der Waals surface area contributed by atoms with E-state index in [2.05, 4.69) is 36.6 Å². The fourth-order valence-electron chi connectivity index (χ4n) is 13.6. The first-order chi connectivity index (χ1) is 47.9. The summed E-state index contributed by atoms with van der Waals surface area (Å²) in [6.45, 7) is 2.17. The van der Waals surface area contributed by atoms with Crippen LogP contribution in [0.25, 0.3) is 0 Å². The van der Waals surface area contributed by atoms with Crippen LogP contribution in [0, 0.1) is 0 Å². The Kier molecular flexibility index (Phi) is 50.8. The van der Waals surface area contributed by atoms with E-state index in [1.54, 1.807) is 6.08 Å². The van der Waals surface area contributed by atoms with E-state index < -0.39 is 155 Å². The molecule has 18 atom stereocenters. The van der Waals surface area contributed by atoms with Crippen LogP contribution in [0.15, 0.2) is 24.3 Å². The van der Waals surface area contributed by atoms with Gasteiger partial charge in [0.25, 0.3) is 5.79 Å². The fraction of sp³-hybridized carbons (Fsp3) is 0.908. The lowest BCUT2D eigenvalue weighted by molar-refractivity contribution is -0.386. The number of carboxylic acids is 1. The summed E-state index contributed by atoms with van der Waals surface area (Å²) < 4.78 is 34.9. The van der Waals surface area contributed by atoms with E-state index in [0.29, 0.717) is 12.8 Å². The number of rotatable bonds is 61. The molecule has 23 heteroatoms. The van der Waals surface area contributed by atoms with Crippen LogP contribution >= 0.6 is 0 Å². The number of ether oxygens (including phenoxy) is 6. The maximum absolute atomic E-state index is 13.5. The number of aliphatic hydroxyl groups excluding tert-OH is 11. The Hall–Kier alpha value is -2.79. The summed E-state index contributed by atoms with van der Waals surface area (Å²) in [5, 5.41) is 136. The van der Waals surface area contributed by atoms with Gasteiger partial charge in [0.2, 0.25) is 11.8 Å². The summed E-state index contributed by atoms with van der Waals surface area (Å²) in [6, 6.07) is -2.62. The number of allylic oxidation sites excluding steroid dienone is 3. The average molecular weight is 1420 g/mol. The molecule has 580 valence electrons. The lowest BCUT2D eigenvalue weighted by Crippen LogP contribution is -2.70. The molecule has 23 nitrogen and oxygen atoms in total. The third kappa shape index (κ3) is 36.7. The van der Waals surface area contributed by atoms with Crippen molar-refractivity contribution in [3.63, 3.8) is 0 Å². The molecule has 0 aromatic carbocycles. The zero-order valence-electron chi connectivity index (χ0n) is 61.1. The lowest BCUT2D eigenvalue weighted by Gasteiger charge is -2.50. The van der Waals surface area contributed by atoms with Crippen LogP contribution in [0.5, 0.6) is 0 Å². The smallest absolute Gasteiger partial charge is 0.364 e. The summed E-state index contributed by atoms with van der Waals surface area (Å²) in [4.78, 5) is 38.6. The maximum atomic E-state index is 13.5. The fourth-order valence-corrected chi connectivity index (χ4v) is 13.6. The summed E-state index contributed by atoms with van der Waals surface area (Å²) >= 11 is 0. The molecular weight excluding hydrogens is 1280 g/mol. The molecule has 18 unspecified atom stereocenters. The molecule has 0 aliphatic carbocycles. The normalized spacial score (nSPS) is 27.2. The van der Waals surface area contributed by atoms with Crippen molar-refractivity contribution >= 4 is 17.8 Å². The molecule has 3 rings (SSSR count). The van der Waals surface area contributed by atoms with Crippen LogP contribution in [-0.4, -0.2) is 215 Å². The quantitative estimate of drug-likeness (QED) is 0.0199. The Morgan fingerprint density at radius 3 is 1.37 bits per heavy atom. The molecular formula is C76H140N2O21. The van der Waals surface area contributed by atoms with Crippen molar-refractivity contribution in [2.24, 2.45) is 0 Å². The predicted octanol–water partition coefficient (Wildman–Crippen LogP) is 9.57. The first-order valence-electron chi connectivity index (χ1n) is 39.2. The Morgan fingerprint density at radius 2 is 0.949 bits per heavy atom. The summed E-state index contributed by atoms with van der Waals surface area (Å²) in [6.07, 6.45) is 30.8. The zero-order chi connectivity index (χ0) is 72.5. The van der Waals surface area contributed by atoms with Gasteiger partial charge < -0.3 is 100 Å². The molecule has 0 radical (unpaired) electrons. The van der Waals surface area contributed by atoms with Gasteiger partial charge in [-0.3, -0.25) is 9.59 Å². The predicted molar refractivity (Wildman–Crippen MR) is 380 cm³/mol. The number of nitrogens with one attached hydrogen (secondary N) is 2. The molecule has 3 aliphatic rings. The average Bonchev–Trinajstić information content (AvgIpc) is 0.757. The van der Waals surface area contributed by atoms with Crippen LogP contribution in [0.1, 0.15) is 303 Å². The van der Waals surface area contributed by atoms with Crippen LogP contribution < -0.4 is 10.6 Å². The van der Waals surface area contributed by atoms with E-state index in [1.165, 1.54) is 212 Å². The van der Waals surface area contributed by atoms with Crippen LogP contribution in [0.4, 0.5) is 0 Å². The Morgan fingerprint density at radius 1 is 0.525 bits per heavy atom. The van der Waals surface area contributed by atoms with Gasteiger partial charge in [-0.1, -0.05) is 263 Å². The number of unbranched alkanes of at least 4 members (excludes halogenated alkanes) is 39. The van der Waals surface area contributed by atoms with Crippen LogP contribution in [0.3, 0.4) is 0 Å². The second kappa shape index (κ2) is 55.7. The van der Waals surface area contributed by atoms with Gasteiger partial charge >= 0.3 is 5.97 Å². The van der Waals surface area contributed by atoms with Crippen LogP contribution in [0.2, 0.25) is 0 Å². The summed E-state index contributed by atoms with van der Waals surface area (Å²) in [5.41, 5.74) is 0. The first kappa shape index (κ1) is 90.4. The van der Waals surface area contributed by atoms with Crippen molar-refractivity contribution in [3.8, 4) is 0 Å². The minimum Gasteiger partial charge on any atom is -0.477 e. The molecule has 99 heavy (non-hydrogen) atoms. The van der Waals surface area contributed by atoms with Gasteiger partial charge in [0.05, 0.1) is 50.7 Å². The van der Waals surface area contributed by atoms with E-state index in [4.69, 9.17) is 28.4 Å². The second-order valence-electron chi connectivity index (χ2n) is 28.6.